The van der Waals surface area contributed by atoms with Crippen molar-refractivity contribution in [2.24, 2.45) is 0 Å². The lowest BCUT2D eigenvalue weighted by Gasteiger charge is -2.06. The average Bonchev–Trinajstić information content (AvgIpc) is 2.39. The van der Waals surface area contributed by atoms with Gasteiger partial charge < -0.3 is 9.84 Å². The first-order valence-corrected chi connectivity index (χ1v) is 5.05. The minimum absolute atomic E-state index is 0.0767. The van der Waals surface area contributed by atoms with E-state index in [1.165, 1.54) is 13.3 Å². The molecule has 0 fully saturated rings. The van der Waals surface area contributed by atoms with E-state index in [9.17, 15) is 4.79 Å². The fourth-order valence-electron chi connectivity index (χ4n) is 1.55. The summed E-state index contributed by atoms with van der Waals surface area (Å²) in [5, 5.41) is 8.92. The van der Waals surface area contributed by atoms with Gasteiger partial charge in [0.2, 0.25) is 0 Å². The molecule has 0 amide bonds. The Morgan fingerprint density at radius 2 is 1.94 bits per heavy atom. The Morgan fingerprint density at radius 1 is 1.24 bits per heavy atom. The Hall–Kier alpha value is -2.36. The Labute approximate surface area is 98.5 Å². The summed E-state index contributed by atoms with van der Waals surface area (Å²) in [4.78, 5) is 14.8. The van der Waals surface area contributed by atoms with Crippen molar-refractivity contribution in [3.8, 4) is 16.9 Å². The molecule has 1 N–H and O–H groups in total. The topological polar surface area (TPSA) is 59.4 Å². The van der Waals surface area contributed by atoms with Gasteiger partial charge in [-0.2, -0.15) is 0 Å². The third-order valence-corrected chi connectivity index (χ3v) is 2.38. The van der Waals surface area contributed by atoms with Crippen molar-refractivity contribution in [3.63, 3.8) is 0 Å². The first-order chi connectivity index (χ1) is 8.22. The molecule has 4 heteroatoms. The Balaban J connectivity index is 2.49. The van der Waals surface area contributed by atoms with E-state index in [-0.39, 0.29) is 11.4 Å². The van der Waals surface area contributed by atoms with Crippen molar-refractivity contribution < 1.29 is 14.6 Å². The maximum absolute atomic E-state index is 10.9. The number of hydrogen-bond donors (Lipinski definition) is 1. The van der Waals surface area contributed by atoms with Crippen LogP contribution >= 0.6 is 0 Å². The van der Waals surface area contributed by atoms with Crippen molar-refractivity contribution in [1.82, 2.24) is 4.98 Å². The molecule has 0 bridgehead atoms. The summed E-state index contributed by atoms with van der Waals surface area (Å²) in [5.74, 6) is -0.833. The van der Waals surface area contributed by atoms with Gasteiger partial charge in [0.25, 0.3) is 0 Å². The van der Waals surface area contributed by atoms with Crippen LogP contribution in [-0.4, -0.2) is 23.2 Å². The van der Waals surface area contributed by atoms with Gasteiger partial charge in [-0.15, -0.1) is 0 Å². The predicted octanol–water partition coefficient (Wildman–Crippen LogP) is 2.46. The smallest absolute Gasteiger partial charge is 0.358 e. The number of aromatic carboxylic acids is 1. The number of nitrogens with zero attached hydrogens (tertiary/aromatic N) is 1. The third kappa shape index (κ3) is 2.25. The van der Waals surface area contributed by atoms with Gasteiger partial charge >= 0.3 is 5.97 Å². The number of ether oxygens (including phenoxy) is 1. The largest absolute Gasteiger partial charge is 0.494 e. The number of benzene rings is 1. The lowest BCUT2D eigenvalue weighted by molar-refractivity contribution is 0.0686. The van der Waals surface area contributed by atoms with E-state index in [4.69, 9.17) is 9.84 Å². The number of rotatable bonds is 3. The van der Waals surface area contributed by atoms with E-state index < -0.39 is 5.97 Å². The molecule has 2 rings (SSSR count). The number of carboxylic acid groups (broad SMARTS) is 1. The van der Waals surface area contributed by atoms with Gasteiger partial charge in [-0.3, -0.25) is 0 Å². The van der Waals surface area contributed by atoms with E-state index >= 15 is 0 Å². The van der Waals surface area contributed by atoms with Gasteiger partial charge in [-0.05, 0) is 11.6 Å². The van der Waals surface area contributed by atoms with Crippen LogP contribution in [0.1, 0.15) is 10.5 Å². The highest BCUT2D eigenvalue weighted by molar-refractivity contribution is 5.89. The maximum atomic E-state index is 10.9. The summed E-state index contributed by atoms with van der Waals surface area (Å²) in [6.07, 6.45) is 1.53. The van der Waals surface area contributed by atoms with Crippen molar-refractivity contribution >= 4 is 5.97 Å². The summed E-state index contributed by atoms with van der Waals surface area (Å²) < 4.78 is 5.03. The number of aromatic nitrogens is 1. The van der Waals surface area contributed by atoms with Gasteiger partial charge in [-0.25, -0.2) is 9.78 Å². The maximum Gasteiger partial charge on any atom is 0.358 e. The summed E-state index contributed by atoms with van der Waals surface area (Å²) in [5.41, 5.74) is 1.72. The number of pyridine rings is 1. The van der Waals surface area contributed by atoms with E-state index in [1.807, 2.05) is 30.3 Å². The molecule has 0 saturated carbocycles. The second-order valence-corrected chi connectivity index (χ2v) is 3.45. The molecule has 0 aliphatic rings. The molecular weight excluding hydrogens is 218 g/mol. The molecule has 1 aromatic heterocycles. The monoisotopic (exact) mass is 229 g/mol. The normalized spacial score (nSPS) is 9.94. The Morgan fingerprint density at radius 3 is 2.53 bits per heavy atom. The molecule has 0 spiro atoms. The van der Waals surface area contributed by atoms with Crippen molar-refractivity contribution in [2.75, 3.05) is 7.11 Å². The molecule has 2 aromatic rings. The minimum Gasteiger partial charge on any atom is -0.494 e. The molecule has 17 heavy (non-hydrogen) atoms. The molecule has 1 aromatic carbocycles. The van der Waals surface area contributed by atoms with E-state index in [0.717, 1.165) is 11.1 Å². The Kier molecular flexibility index (Phi) is 3.05. The van der Waals surface area contributed by atoms with Crippen LogP contribution in [0.5, 0.6) is 5.75 Å². The van der Waals surface area contributed by atoms with Crippen molar-refractivity contribution in [1.29, 1.82) is 0 Å². The fraction of sp³-hybridized carbons (Fsp3) is 0.0769. The second-order valence-electron chi connectivity index (χ2n) is 3.45. The highest BCUT2D eigenvalue weighted by atomic mass is 16.5. The molecule has 0 saturated heterocycles. The van der Waals surface area contributed by atoms with E-state index in [2.05, 4.69) is 4.98 Å². The van der Waals surface area contributed by atoms with Crippen molar-refractivity contribution in [2.45, 2.75) is 0 Å². The molecule has 0 aliphatic carbocycles. The van der Waals surface area contributed by atoms with E-state index in [1.54, 1.807) is 6.07 Å². The minimum atomic E-state index is -1.10. The number of carboxylic acids is 1. The number of carbonyl (C=O) groups is 1. The van der Waals surface area contributed by atoms with Crippen LogP contribution < -0.4 is 4.74 Å². The highest BCUT2D eigenvalue weighted by Gasteiger charge is 2.13. The quantitative estimate of drug-likeness (QED) is 0.878. The van der Waals surface area contributed by atoms with Crippen molar-refractivity contribution in [3.05, 3.63) is 48.3 Å². The lowest BCUT2D eigenvalue weighted by Crippen LogP contribution is -2.03. The molecule has 0 unspecified atom stereocenters. The first-order valence-electron chi connectivity index (χ1n) is 5.05. The second kappa shape index (κ2) is 4.65. The SMILES string of the molecule is COc1cc(-c2ccccc2)cnc1C(=O)O. The zero-order valence-electron chi connectivity index (χ0n) is 9.25. The van der Waals surface area contributed by atoms with Gasteiger partial charge in [-0.1, -0.05) is 30.3 Å². The highest BCUT2D eigenvalue weighted by Crippen LogP contribution is 2.25. The molecule has 4 nitrogen and oxygen atoms in total. The van der Waals surface area contributed by atoms with Crippen LogP contribution in [0.15, 0.2) is 42.6 Å². The summed E-state index contributed by atoms with van der Waals surface area (Å²) in [6.45, 7) is 0. The zero-order chi connectivity index (χ0) is 12.3. The van der Waals surface area contributed by atoms with E-state index in [0.29, 0.717) is 0 Å². The molecular formula is C13H11NO3. The summed E-state index contributed by atoms with van der Waals surface area (Å²) in [7, 11) is 1.43. The lowest BCUT2D eigenvalue weighted by atomic mass is 10.1. The Bertz CT molecular complexity index is 538. The molecule has 0 radical (unpaired) electrons. The zero-order valence-corrected chi connectivity index (χ0v) is 9.25. The first kappa shape index (κ1) is 11.1. The molecule has 1 heterocycles. The molecule has 0 aliphatic heterocycles. The van der Waals surface area contributed by atoms with Crippen LogP contribution in [0.3, 0.4) is 0 Å². The van der Waals surface area contributed by atoms with Gasteiger partial charge in [0.1, 0.15) is 0 Å². The van der Waals surface area contributed by atoms with Crippen LogP contribution in [-0.2, 0) is 0 Å². The van der Waals surface area contributed by atoms with Crippen LogP contribution in [0.4, 0.5) is 0 Å². The number of methoxy groups -OCH3 is 1. The third-order valence-electron chi connectivity index (χ3n) is 2.38. The standard InChI is InChI=1S/C13H11NO3/c1-17-11-7-10(8-14-12(11)13(15)16)9-5-3-2-4-6-9/h2-8H,1H3,(H,15,16). The molecule has 86 valence electrons. The van der Waals surface area contributed by atoms with Crippen LogP contribution in [0, 0.1) is 0 Å². The summed E-state index contributed by atoms with van der Waals surface area (Å²) in [6, 6.07) is 11.3. The average molecular weight is 229 g/mol. The fourth-order valence-corrected chi connectivity index (χ4v) is 1.55. The predicted molar refractivity (Wildman–Crippen MR) is 63.2 cm³/mol. The van der Waals surface area contributed by atoms with Crippen LogP contribution in [0.25, 0.3) is 11.1 Å². The van der Waals surface area contributed by atoms with Crippen LogP contribution in [0.2, 0.25) is 0 Å². The van der Waals surface area contributed by atoms with Gasteiger partial charge in [0.05, 0.1) is 7.11 Å². The number of hydrogen-bond acceptors (Lipinski definition) is 3. The molecule has 0 atom stereocenters. The summed E-state index contributed by atoms with van der Waals surface area (Å²) >= 11 is 0. The van der Waals surface area contributed by atoms with Gasteiger partial charge in [0.15, 0.2) is 11.4 Å². The van der Waals surface area contributed by atoms with Gasteiger partial charge in [0, 0.05) is 11.8 Å².